The van der Waals surface area contributed by atoms with Crippen LogP contribution < -0.4 is 10.7 Å². The van der Waals surface area contributed by atoms with Crippen molar-refractivity contribution >= 4 is 11.8 Å². The lowest BCUT2D eigenvalue weighted by Gasteiger charge is -2.50. The molecule has 2 aliphatic heterocycles. The Kier molecular flexibility index (Phi) is 5.63. The van der Waals surface area contributed by atoms with E-state index >= 15 is 0 Å². The first-order valence-electron chi connectivity index (χ1n) is 11.5. The van der Waals surface area contributed by atoms with E-state index in [1.807, 2.05) is 6.92 Å². The highest BCUT2D eigenvalue weighted by atomic mass is 19.1. The molecule has 1 aromatic heterocycles. The summed E-state index contributed by atoms with van der Waals surface area (Å²) in [4.78, 5) is 42.9. The maximum absolute atomic E-state index is 13.9. The van der Waals surface area contributed by atoms with E-state index in [0.29, 0.717) is 18.5 Å². The molecule has 0 radical (unpaired) electrons. The lowest BCUT2D eigenvalue weighted by molar-refractivity contribution is -0.0342. The Morgan fingerprint density at radius 2 is 1.97 bits per heavy atom. The first-order valence-corrected chi connectivity index (χ1v) is 11.5. The number of fused-ring (bicyclic) bond motifs is 2. The topological polar surface area (TPSA) is 94.9 Å². The molecule has 1 aromatic carbocycles. The van der Waals surface area contributed by atoms with Crippen LogP contribution in [-0.4, -0.2) is 56.6 Å². The van der Waals surface area contributed by atoms with Gasteiger partial charge in [0, 0.05) is 43.5 Å². The van der Waals surface area contributed by atoms with Crippen LogP contribution in [-0.2, 0) is 13.1 Å². The predicted octanol–water partition coefficient (Wildman–Crippen LogP) is 2.05. The summed E-state index contributed by atoms with van der Waals surface area (Å²) in [7, 11) is 0. The smallest absolute Gasteiger partial charge is 0.276 e. The molecule has 2 N–H and O–H groups in total. The van der Waals surface area contributed by atoms with E-state index in [-0.39, 0.29) is 35.6 Å². The van der Waals surface area contributed by atoms with Crippen molar-refractivity contribution in [2.24, 2.45) is 5.92 Å². The van der Waals surface area contributed by atoms with Gasteiger partial charge in [0.15, 0.2) is 11.4 Å². The van der Waals surface area contributed by atoms with Crippen LogP contribution in [0.25, 0.3) is 0 Å². The molecule has 2 aromatic rings. The summed E-state index contributed by atoms with van der Waals surface area (Å²) in [5, 5.41) is 13.1. The maximum atomic E-state index is 13.9. The van der Waals surface area contributed by atoms with E-state index in [9.17, 15) is 28.3 Å². The number of amides is 2. The van der Waals surface area contributed by atoms with Crippen LogP contribution in [0.1, 0.15) is 52.6 Å². The maximum Gasteiger partial charge on any atom is 0.276 e. The standard InChI is InChI=1S/C24H26F2N4O4/c1-13-6-7-28(10-14-2-3-14)19-12-29-11-17(21(31)22(32)20(29)24(34)30(13)19)23(33)27-9-15-4-5-16(25)8-18(15)26/h4-5,8,11,13-14,19,32H,2-3,6-7,9-10,12H2,1H3,(H,27,33). The molecule has 10 heteroatoms. The minimum atomic E-state index is -0.963. The van der Waals surface area contributed by atoms with Gasteiger partial charge in [-0.2, -0.15) is 0 Å². The molecule has 2 unspecified atom stereocenters. The van der Waals surface area contributed by atoms with Crippen LogP contribution in [0.3, 0.4) is 0 Å². The molecular weight excluding hydrogens is 446 g/mol. The van der Waals surface area contributed by atoms with E-state index < -0.39 is 34.6 Å². The summed E-state index contributed by atoms with van der Waals surface area (Å²) in [5.41, 5.74) is -1.38. The average Bonchev–Trinajstić information content (AvgIpc) is 3.61. The number of halogens is 2. The molecule has 1 saturated carbocycles. The van der Waals surface area contributed by atoms with Gasteiger partial charge < -0.3 is 19.9 Å². The Bertz CT molecular complexity index is 1230. The zero-order chi connectivity index (χ0) is 24.1. The van der Waals surface area contributed by atoms with Gasteiger partial charge in [-0.25, -0.2) is 8.78 Å². The molecule has 2 amide bonds. The molecule has 180 valence electrons. The summed E-state index contributed by atoms with van der Waals surface area (Å²) >= 11 is 0. The molecule has 5 rings (SSSR count). The largest absolute Gasteiger partial charge is 0.503 e. The highest BCUT2D eigenvalue weighted by Gasteiger charge is 2.44. The summed E-state index contributed by atoms with van der Waals surface area (Å²) in [6.07, 6.45) is 4.22. The summed E-state index contributed by atoms with van der Waals surface area (Å²) < 4.78 is 28.5. The van der Waals surface area contributed by atoms with Crippen molar-refractivity contribution in [1.29, 1.82) is 0 Å². The third-order valence-electron chi connectivity index (χ3n) is 6.99. The zero-order valence-corrected chi connectivity index (χ0v) is 18.8. The molecule has 2 atom stereocenters. The minimum absolute atomic E-state index is 0.0372. The average molecular weight is 472 g/mol. The van der Waals surface area contributed by atoms with Gasteiger partial charge in [-0.15, -0.1) is 0 Å². The number of nitrogens with zero attached hydrogens (tertiary/aromatic N) is 3. The van der Waals surface area contributed by atoms with Crippen molar-refractivity contribution in [3.63, 3.8) is 0 Å². The second-order valence-electron chi connectivity index (χ2n) is 9.41. The Hall–Kier alpha value is -3.27. The Morgan fingerprint density at radius 3 is 2.68 bits per heavy atom. The fourth-order valence-corrected chi connectivity index (χ4v) is 4.91. The van der Waals surface area contributed by atoms with Gasteiger partial charge in [0.25, 0.3) is 11.8 Å². The number of benzene rings is 1. The van der Waals surface area contributed by atoms with Gasteiger partial charge in [0.05, 0.1) is 6.54 Å². The highest BCUT2D eigenvalue weighted by molar-refractivity contribution is 5.99. The van der Waals surface area contributed by atoms with E-state index in [2.05, 4.69) is 10.2 Å². The minimum Gasteiger partial charge on any atom is -0.503 e. The lowest BCUT2D eigenvalue weighted by Crippen LogP contribution is -2.64. The summed E-state index contributed by atoms with van der Waals surface area (Å²) in [5.74, 6) is -2.95. The monoisotopic (exact) mass is 472 g/mol. The lowest BCUT2D eigenvalue weighted by atomic mass is 10.0. The number of carbonyl (C=O) groups is 2. The number of rotatable bonds is 5. The SMILES string of the molecule is CC1CCN(CC2CC2)C2Cn3cc(C(=O)NCc4ccc(F)cc4F)c(=O)c(O)c3C(=O)N12. The van der Waals surface area contributed by atoms with Gasteiger partial charge in [0.2, 0.25) is 5.43 Å². The number of carbonyl (C=O) groups excluding carboxylic acids is 2. The fraction of sp³-hybridized carbons (Fsp3) is 0.458. The van der Waals surface area contributed by atoms with Crippen molar-refractivity contribution in [1.82, 2.24) is 19.7 Å². The van der Waals surface area contributed by atoms with Crippen molar-refractivity contribution < 1.29 is 23.5 Å². The Morgan fingerprint density at radius 1 is 1.21 bits per heavy atom. The third-order valence-corrected chi connectivity index (χ3v) is 6.99. The Labute approximate surface area is 194 Å². The second-order valence-corrected chi connectivity index (χ2v) is 9.41. The molecule has 0 bridgehead atoms. The summed E-state index contributed by atoms with van der Waals surface area (Å²) in [6.45, 7) is 3.75. The molecule has 2 fully saturated rings. The van der Waals surface area contributed by atoms with Gasteiger partial charge in [-0.05, 0) is 38.2 Å². The number of hydrogen-bond donors (Lipinski definition) is 2. The first-order chi connectivity index (χ1) is 16.2. The number of pyridine rings is 1. The normalized spacial score (nSPS) is 22.3. The number of hydrogen-bond acceptors (Lipinski definition) is 5. The summed E-state index contributed by atoms with van der Waals surface area (Å²) in [6, 6.07) is 2.94. The van der Waals surface area contributed by atoms with Crippen molar-refractivity contribution in [3.05, 3.63) is 63.1 Å². The van der Waals surface area contributed by atoms with Crippen LogP contribution in [0.2, 0.25) is 0 Å². The van der Waals surface area contributed by atoms with Crippen LogP contribution in [0, 0.1) is 17.6 Å². The second kappa shape index (κ2) is 8.50. The van der Waals surface area contributed by atoms with E-state index in [4.69, 9.17) is 0 Å². The molecule has 3 aliphatic rings. The van der Waals surface area contributed by atoms with E-state index in [0.717, 1.165) is 25.6 Å². The highest BCUT2D eigenvalue weighted by Crippen LogP contribution is 2.35. The molecular formula is C24H26F2N4O4. The van der Waals surface area contributed by atoms with E-state index in [1.54, 1.807) is 4.90 Å². The number of nitrogens with one attached hydrogen (secondary N) is 1. The molecule has 1 saturated heterocycles. The van der Waals surface area contributed by atoms with Gasteiger partial charge >= 0.3 is 0 Å². The predicted molar refractivity (Wildman–Crippen MR) is 118 cm³/mol. The zero-order valence-electron chi connectivity index (χ0n) is 18.8. The molecule has 34 heavy (non-hydrogen) atoms. The van der Waals surface area contributed by atoms with Gasteiger partial charge in [0.1, 0.15) is 23.4 Å². The molecule has 0 spiro atoms. The van der Waals surface area contributed by atoms with Crippen LogP contribution in [0.5, 0.6) is 5.75 Å². The third kappa shape index (κ3) is 3.96. The molecule has 1 aliphatic carbocycles. The van der Waals surface area contributed by atoms with Crippen molar-refractivity contribution in [2.45, 2.75) is 51.5 Å². The fourth-order valence-electron chi connectivity index (χ4n) is 4.91. The quantitative estimate of drug-likeness (QED) is 0.695. The van der Waals surface area contributed by atoms with E-state index in [1.165, 1.54) is 29.7 Å². The molecule has 8 nitrogen and oxygen atoms in total. The van der Waals surface area contributed by atoms with Crippen molar-refractivity contribution in [2.75, 3.05) is 13.1 Å². The van der Waals surface area contributed by atoms with Crippen LogP contribution >= 0.6 is 0 Å². The van der Waals surface area contributed by atoms with Crippen LogP contribution in [0.4, 0.5) is 8.78 Å². The van der Waals surface area contributed by atoms with Crippen LogP contribution in [0.15, 0.2) is 29.2 Å². The molecule has 3 heterocycles. The van der Waals surface area contributed by atoms with Gasteiger partial charge in [-0.3, -0.25) is 19.3 Å². The number of aromatic hydroxyl groups is 1. The first kappa shape index (κ1) is 22.5. The number of aromatic nitrogens is 1. The van der Waals surface area contributed by atoms with Crippen molar-refractivity contribution in [3.8, 4) is 5.75 Å². The van der Waals surface area contributed by atoms with Gasteiger partial charge in [-0.1, -0.05) is 6.07 Å². The Balaban J connectivity index is 1.43.